The average Bonchev–Trinajstić information content (AvgIpc) is 2.01. The van der Waals surface area contributed by atoms with Crippen LogP contribution in [-0.4, -0.2) is 21.9 Å². The second-order valence-corrected chi connectivity index (χ2v) is 3.20. The molecule has 0 saturated carbocycles. The van der Waals surface area contributed by atoms with Gasteiger partial charge in [0.05, 0.1) is 0 Å². The van der Waals surface area contributed by atoms with Crippen molar-refractivity contribution in [3.63, 3.8) is 0 Å². The summed E-state index contributed by atoms with van der Waals surface area (Å²) < 4.78 is 0. The van der Waals surface area contributed by atoms with Crippen molar-refractivity contribution in [2.45, 2.75) is 26.3 Å². The maximum absolute atomic E-state index is 10.6. The predicted octanol–water partition coefficient (Wildman–Crippen LogP) is 0.461. The molecule has 1 amide bonds. The van der Waals surface area contributed by atoms with Gasteiger partial charge < -0.3 is 11.1 Å². The molecule has 0 aliphatic rings. The molecule has 0 fully saturated rings. The molecule has 0 bridgehead atoms. The Labute approximate surface area is 82.7 Å². The summed E-state index contributed by atoms with van der Waals surface area (Å²) in [6.45, 7) is 3.69. The Hall–Kier alpha value is -1.65. The predicted molar refractivity (Wildman–Crippen MR) is 53.7 cm³/mol. The summed E-state index contributed by atoms with van der Waals surface area (Å²) in [6.07, 6.45) is 1.96. The Morgan fingerprint density at radius 1 is 1.71 bits per heavy atom. The largest absolute Gasteiger partial charge is 0.370 e. The van der Waals surface area contributed by atoms with Crippen LogP contribution < -0.4 is 11.1 Å². The number of aromatic nitrogens is 2. The molecule has 1 aromatic heterocycles. The molecule has 14 heavy (non-hydrogen) atoms. The van der Waals surface area contributed by atoms with Crippen molar-refractivity contribution in [2.24, 2.45) is 5.73 Å². The molecule has 1 rings (SSSR count). The molecule has 0 aliphatic carbocycles. The van der Waals surface area contributed by atoms with Crippen molar-refractivity contribution in [1.82, 2.24) is 9.97 Å². The summed E-state index contributed by atoms with van der Waals surface area (Å²) in [6, 6.07) is 1.74. The van der Waals surface area contributed by atoms with Crippen molar-refractivity contribution in [3.05, 3.63) is 18.1 Å². The lowest BCUT2D eigenvalue weighted by Gasteiger charge is -2.12. The maximum atomic E-state index is 10.6. The number of amides is 1. The summed E-state index contributed by atoms with van der Waals surface area (Å²) in [4.78, 5) is 18.7. The number of carbonyl (C=O) groups excluding carboxylic acids is 1. The van der Waals surface area contributed by atoms with Crippen LogP contribution in [0.4, 0.5) is 5.82 Å². The summed E-state index contributed by atoms with van der Waals surface area (Å²) in [5.41, 5.74) is 5.07. The zero-order valence-electron chi connectivity index (χ0n) is 8.32. The molecule has 5 heteroatoms. The quantitative estimate of drug-likeness (QED) is 0.729. The Bertz CT molecular complexity index is 326. The van der Waals surface area contributed by atoms with Gasteiger partial charge >= 0.3 is 0 Å². The summed E-state index contributed by atoms with van der Waals surface area (Å²) in [7, 11) is 0. The lowest BCUT2D eigenvalue weighted by atomic mass is 10.2. The Balaban J connectivity index is 2.55. The molecule has 1 heterocycles. The van der Waals surface area contributed by atoms with E-state index >= 15 is 0 Å². The minimum Gasteiger partial charge on any atom is -0.370 e. The van der Waals surface area contributed by atoms with Gasteiger partial charge in [-0.2, -0.15) is 0 Å². The van der Waals surface area contributed by atoms with Crippen LogP contribution in [-0.2, 0) is 4.79 Å². The Morgan fingerprint density at radius 2 is 2.43 bits per heavy atom. The highest BCUT2D eigenvalue weighted by atomic mass is 16.1. The molecule has 0 radical (unpaired) electrons. The number of carbonyl (C=O) groups is 1. The number of hydrogen-bond donors (Lipinski definition) is 2. The van der Waals surface area contributed by atoms with Crippen LogP contribution in [0.5, 0.6) is 0 Å². The molecule has 0 aliphatic heterocycles. The van der Waals surface area contributed by atoms with E-state index < -0.39 is 0 Å². The lowest BCUT2D eigenvalue weighted by molar-refractivity contribution is -0.118. The summed E-state index contributed by atoms with van der Waals surface area (Å²) >= 11 is 0. The van der Waals surface area contributed by atoms with E-state index in [-0.39, 0.29) is 11.9 Å². The van der Waals surface area contributed by atoms with E-state index in [4.69, 9.17) is 5.73 Å². The first-order valence-corrected chi connectivity index (χ1v) is 4.42. The van der Waals surface area contributed by atoms with Gasteiger partial charge in [0.25, 0.3) is 0 Å². The third-order valence-corrected chi connectivity index (χ3v) is 1.68. The first-order chi connectivity index (χ1) is 6.58. The molecule has 5 nitrogen and oxygen atoms in total. The van der Waals surface area contributed by atoms with Gasteiger partial charge in [-0.25, -0.2) is 9.97 Å². The SMILES string of the molecule is Cc1nccc(NC(C)CC(N)=O)n1. The number of rotatable bonds is 4. The van der Waals surface area contributed by atoms with Gasteiger partial charge in [-0.1, -0.05) is 0 Å². The van der Waals surface area contributed by atoms with Crippen molar-refractivity contribution >= 4 is 11.7 Å². The van der Waals surface area contributed by atoms with E-state index in [1.165, 1.54) is 0 Å². The zero-order chi connectivity index (χ0) is 10.6. The van der Waals surface area contributed by atoms with Crippen molar-refractivity contribution < 1.29 is 4.79 Å². The third kappa shape index (κ3) is 3.38. The van der Waals surface area contributed by atoms with Crippen LogP contribution in [0.3, 0.4) is 0 Å². The molecule has 0 spiro atoms. The number of primary amides is 1. The van der Waals surface area contributed by atoms with Gasteiger partial charge in [0.2, 0.25) is 5.91 Å². The standard InChI is InChI=1S/C9H14N4O/c1-6(5-8(10)14)12-9-3-4-11-7(2)13-9/h3-4,6H,5H2,1-2H3,(H2,10,14)(H,11,12,13). The van der Waals surface area contributed by atoms with E-state index in [0.29, 0.717) is 18.1 Å². The van der Waals surface area contributed by atoms with Gasteiger partial charge in [0.15, 0.2) is 0 Å². The fourth-order valence-corrected chi connectivity index (χ4v) is 1.14. The molecular weight excluding hydrogens is 180 g/mol. The van der Waals surface area contributed by atoms with Crippen LogP contribution in [0.1, 0.15) is 19.2 Å². The smallest absolute Gasteiger partial charge is 0.219 e. The van der Waals surface area contributed by atoms with Gasteiger partial charge in [0.1, 0.15) is 11.6 Å². The van der Waals surface area contributed by atoms with Crippen LogP contribution in [0, 0.1) is 6.92 Å². The molecule has 0 saturated heterocycles. The van der Waals surface area contributed by atoms with Crippen molar-refractivity contribution in [2.75, 3.05) is 5.32 Å². The van der Waals surface area contributed by atoms with Gasteiger partial charge in [0, 0.05) is 18.7 Å². The molecule has 1 atom stereocenters. The molecule has 1 unspecified atom stereocenters. The Kier molecular flexibility index (Phi) is 3.39. The minimum atomic E-state index is -0.323. The number of nitrogens with one attached hydrogen (secondary N) is 1. The van der Waals surface area contributed by atoms with E-state index in [1.807, 2.05) is 13.8 Å². The molecule has 76 valence electrons. The fraction of sp³-hybridized carbons (Fsp3) is 0.444. The van der Waals surface area contributed by atoms with Gasteiger partial charge in [-0.3, -0.25) is 4.79 Å². The molecular formula is C9H14N4O. The lowest BCUT2D eigenvalue weighted by Crippen LogP contribution is -2.24. The topological polar surface area (TPSA) is 80.9 Å². The third-order valence-electron chi connectivity index (χ3n) is 1.68. The van der Waals surface area contributed by atoms with Gasteiger partial charge in [-0.05, 0) is 19.9 Å². The normalized spacial score (nSPS) is 12.1. The average molecular weight is 194 g/mol. The Morgan fingerprint density at radius 3 is 3.00 bits per heavy atom. The molecule has 1 aromatic rings. The second-order valence-electron chi connectivity index (χ2n) is 3.20. The highest BCUT2D eigenvalue weighted by Gasteiger charge is 2.06. The molecule has 0 aromatic carbocycles. The van der Waals surface area contributed by atoms with Crippen molar-refractivity contribution in [3.8, 4) is 0 Å². The highest BCUT2D eigenvalue weighted by molar-refractivity contribution is 5.74. The number of nitrogens with zero attached hydrogens (tertiary/aromatic N) is 2. The number of aryl methyl sites for hydroxylation is 1. The minimum absolute atomic E-state index is 0.0122. The monoisotopic (exact) mass is 194 g/mol. The van der Waals surface area contributed by atoms with Crippen molar-refractivity contribution in [1.29, 1.82) is 0 Å². The van der Waals surface area contributed by atoms with Crippen LogP contribution in [0.25, 0.3) is 0 Å². The zero-order valence-corrected chi connectivity index (χ0v) is 8.32. The van der Waals surface area contributed by atoms with Gasteiger partial charge in [-0.15, -0.1) is 0 Å². The molecule has 3 N–H and O–H groups in total. The number of nitrogens with two attached hydrogens (primary N) is 1. The van der Waals surface area contributed by atoms with E-state index in [0.717, 1.165) is 0 Å². The highest BCUT2D eigenvalue weighted by Crippen LogP contribution is 2.04. The number of hydrogen-bond acceptors (Lipinski definition) is 4. The maximum Gasteiger partial charge on any atom is 0.219 e. The summed E-state index contributed by atoms with van der Waals surface area (Å²) in [5.74, 6) is 1.09. The van der Waals surface area contributed by atoms with E-state index in [2.05, 4.69) is 15.3 Å². The first kappa shape index (κ1) is 10.4. The van der Waals surface area contributed by atoms with E-state index in [1.54, 1.807) is 12.3 Å². The van der Waals surface area contributed by atoms with Crippen LogP contribution >= 0.6 is 0 Å². The van der Waals surface area contributed by atoms with Crippen LogP contribution in [0.2, 0.25) is 0 Å². The van der Waals surface area contributed by atoms with E-state index in [9.17, 15) is 4.79 Å². The fourth-order valence-electron chi connectivity index (χ4n) is 1.14. The number of anilines is 1. The summed E-state index contributed by atoms with van der Waals surface area (Å²) in [5, 5.41) is 3.06. The first-order valence-electron chi connectivity index (χ1n) is 4.42. The second kappa shape index (κ2) is 4.55. The van der Waals surface area contributed by atoms with Crippen LogP contribution in [0.15, 0.2) is 12.3 Å².